The fourth-order valence-corrected chi connectivity index (χ4v) is 1.88. The van der Waals surface area contributed by atoms with Crippen LogP contribution in [0.3, 0.4) is 0 Å². The summed E-state index contributed by atoms with van der Waals surface area (Å²) in [4.78, 5) is 0. The molecule has 3 nitrogen and oxygen atoms in total. The third kappa shape index (κ3) is 4.40. The van der Waals surface area contributed by atoms with Crippen LogP contribution >= 0.6 is 0 Å². The van der Waals surface area contributed by atoms with Crippen molar-refractivity contribution >= 4 is 0 Å². The van der Waals surface area contributed by atoms with E-state index in [1.807, 2.05) is 7.05 Å². The molecule has 0 unspecified atom stereocenters. The standard InChI is InChI=1S/C11H24N2O/c1-11(2,9-12-3)13-8-10-4-6-14-7-5-10/h10,12-13H,4-9H2,1-3H3. The van der Waals surface area contributed by atoms with Crippen LogP contribution in [-0.2, 0) is 4.74 Å². The fraction of sp³-hybridized carbons (Fsp3) is 1.00. The molecule has 0 aliphatic carbocycles. The Morgan fingerprint density at radius 2 is 1.93 bits per heavy atom. The first-order valence-electron chi connectivity index (χ1n) is 5.61. The van der Waals surface area contributed by atoms with Gasteiger partial charge in [-0.3, -0.25) is 0 Å². The van der Waals surface area contributed by atoms with E-state index in [0.717, 1.165) is 32.2 Å². The Labute approximate surface area is 87.6 Å². The van der Waals surface area contributed by atoms with E-state index in [2.05, 4.69) is 24.5 Å². The Morgan fingerprint density at radius 3 is 2.50 bits per heavy atom. The van der Waals surface area contributed by atoms with E-state index in [0.29, 0.717) is 0 Å². The van der Waals surface area contributed by atoms with Crippen LogP contribution < -0.4 is 10.6 Å². The van der Waals surface area contributed by atoms with E-state index in [4.69, 9.17) is 4.74 Å². The second kappa shape index (κ2) is 5.69. The summed E-state index contributed by atoms with van der Waals surface area (Å²) in [6.45, 7) is 8.50. The van der Waals surface area contributed by atoms with E-state index in [1.54, 1.807) is 0 Å². The number of hydrogen-bond acceptors (Lipinski definition) is 3. The quantitative estimate of drug-likeness (QED) is 0.694. The van der Waals surface area contributed by atoms with Crippen LogP contribution in [0, 0.1) is 5.92 Å². The van der Waals surface area contributed by atoms with Crippen molar-refractivity contribution < 1.29 is 4.74 Å². The number of nitrogens with one attached hydrogen (secondary N) is 2. The van der Waals surface area contributed by atoms with Gasteiger partial charge < -0.3 is 15.4 Å². The van der Waals surface area contributed by atoms with E-state index in [-0.39, 0.29) is 5.54 Å². The van der Waals surface area contributed by atoms with Gasteiger partial charge in [0.1, 0.15) is 0 Å². The molecule has 0 bridgehead atoms. The maximum atomic E-state index is 5.34. The molecule has 0 aromatic rings. The summed E-state index contributed by atoms with van der Waals surface area (Å²) in [5.74, 6) is 0.805. The number of likely N-dealkylation sites (N-methyl/N-ethyl adjacent to an activating group) is 1. The van der Waals surface area contributed by atoms with Crippen molar-refractivity contribution in [3.63, 3.8) is 0 Å². The van der Waals surface area contributed by atoms with E-state index in [9.17, 15) is 0 Å². The van der Waals surface area contributed by atoms with E-state index < -0.39 is 0 Å². The predicted molar refractivity (Wildman–Crippen MR) is 59.6 cm³/mol. The molecule has 1 rings (SSSR count). The van der Waals surface area contributed by atoms with Crippen molar-refractivity contribution in [2.75, 3.05) is 33.4 Å². The van der Waals surface area contributed by atoms with E-state index in [1.165, 1.54) is 12.8 Å². The van der Waals surface area contributed by atoms with Crippen molar-refractivity contribution in [2.45, 2.75) is 32.2 Å². The fourth-order valence-electron chi connectivity index (χ4n) is 1.88. The molecule has 14 heavy (non-hydrogen) atoms. The zero-order valence-electron chi connectivity index (χ0n) is 9.73. The highest BCUT2D eigenvalue weighted by Crippen LogP contribution is 2.14. The molecule has 0 aromatic carbocycles. The summed E-state index contributed by atoms with van der Waals surface area (Å²) in [5, 5.41) is 6.82. The van der Waals surface area contributed by atoms with Crippen LogP contribution in [0.15, 0.2) is 0 Å². The van der Waals surface area contributed by atoms with Crippen LogP contribution in [0.4, 0.5) is 0 Å². The summed E-state index contributed by atoms with van der Waals surface area (Å²) in [6.07, 6.45) is 2.42. The molecule has 0 saturated carbocycles. The summed E-state index contributed by atoms with van der Waals surface area (Å²) in [5.41, 5.74) is 0.201. The molecule has 0 atom stereocenters. The minimum atomic E-state index is 0.201. The van der Waals surface area contributed by atoms with Crippen molar-refractivity contribution in [1.82, 2.24) is 10.6 Å². The van der Waals surface area contributed by atoms with Crippen LogP contribution in [0.25, 0.3) is 0 Å². The highest BCUT2D eigenvalue weighted by Gasteiger charge is 2.19. The van der Waals surface area contributed by atoms with Crippen molar-refractivity contribution in [1.29, 1.82) is 0 Å². The first kappa shape index (κ1) is 12.0. The molecule has 0 aromatic heterocycles. The number of rotatable bonds is 5. The molecular formula is C11H24N2O. The number of ether oxygens (including phenoxy) is 1. The van der Waals surface area contributed by atoms with Gasteiger partial charge in [-0.25, -0.2) is 0 Å². The normalized spacial score (nSPS) is 19.9. The van der Waals surface area contributed by atoms with Crippen molar-refractivity contribution in [3.8, 4) is 0 Å². The monoisotopic (exact) mass is 200 g/mol. The highest BCUT2D eigenvalue weighted by molar-refractivity contribution is 4.81. The zero-order valence-corrected chi connectivity index (χ0v) is 9.73. The van der Waals surface area contributed by atoms with Crippen molar-refractivity contribution in [3.05, 3.63) is 0 Å². The van der Waals surface area contributed by atoms with E-state index >= 15 is 0 Å². The first-order chi connectivity index (χ1) is 6.64. The van der Waals surface area contributed by atoms with Gasteiger partial charge in [0.05, 0.1) is 0 Å². The van der Waals surface area contributed by atoms with Gasteiger partial charge in [0.2, 0.25) is 0 Å². The van der Waals surface area contributed by atoms with Crippen LogP contribution in [0.5, 0.6) is 0 Å². The largest absolute Gasteiger partial charge is 0.381 e. The Hall–Kier alpha value is -0.120. The maximum Gasteiger partial charge on any atom is 0.0469 e. The Bertz CT molecular complexity index is 153. The molecule has 0 radical (unpaired) electrons. The molecule has 1 fully saturated rings. The minimum Gasteiger partial charge on any atom is -0.381 e. The second-order valence-electron chi connectivity index (χ2n) is 4.85. The SMILES string of the molecule is CNCC(C)(C)NCC1CCOCC1. The molecular weight excluding hydrogens is 176 g/mol. The smallest absolute Gasteiger partial charge is 0.0469 e. The average molecular weight is 200 g/mol. The summed E-state index contributed by atoms with van der Waals surface area (Å²) in [7, 11) is 2.00. The molecule has 2 N–H and O–H groups in total. The lowest BCUT2D eigenvalue weighted by atomic mass is 9.98. The predicted octanol–water partition coefficient (Wildman–Crippen LogP) is 1.00. The molecule has 1 saturated heterocycles. The molecule has 1 heterocycles. The van der Waals surface area contributed by atoms with Gasteiger partial charge in [-0.05, 0) is 46.2 Å². The minimum absolute atomic E-state index is 0.201. The lowest BCUT2D eigenvalue weighted by molar-refractivity contribution is 0.0641. The van der Waals surface area contributed by atoms with Crippen LogP contribution in [-0.4, -0.2) is 38.9 Å². The molecule has 0 spiro atoms. The highest BCUT2D eigenvalue weighted by atomic mass is 16.5. The molecule has 84 valence electrons. The van der Waals surface area contributed by atoms with Crippen LogP contribution in [0.1, 0.15) is 26.7 Å². The first-order valence-corrected chi connectivity index (χ1v) is 5.61. The average Bonchev–Trinajstić information content (AvgIpc) is 2.17. The van der Waals surface area contributed by atoms with Crippen LogP contribution in [0.2, 0.25) is 0 Å². The Morgan fingerprint density at radius 1 is 1.29 bits per heavy atom. The zero-order chi connectivity index (χ0) is 10.4. The lowest BCUT2D eigenvalue weighted by Gasteiger charge is -2.30. The van der Waals surface area contributed by atoms with Gasteiger partial charge in [0, 0.05) is 25.3 Å². The number of hydrogen-bond donors (Lipinski definition) is 2. The molecule has 0 amide bonds. The van der Waals surface area contributed by atoms with Gasteiger partial charge >= 0.3 is 0 Å². The van der Waals surface area contributed by atoms with Gasteiger partial charge in [-0.2, -0.15) is 0 Å². The van der Waals surface area contributed by atoms with Gasteiger partial charge in [-0.1, -0.05) is 0 Å². The maximum absolute atomic E-state index is 5.34. The summed E-state index contributed by atoms with van der Waals surface area (Å²) < 4.78 is 5.34. The Kier molecular flexibility index (Phi) is 4.85. The molecule has 1 aliphatic rings. The molecule has 3 heteroatoms. The lowest BCUT2D eigenvalue weighted by Crippen LogP contribution is -2.48. The Balaban J connectivity index is 2.17. The molecule has 1 aliphatic heterocycles. The third-order valence-electron chi connectivity index (χ3n) is 2.83. The van der Waals surface area contributed by atoms with Crippen molar-refractivity contribution in [2.24, 2.45) is 5.92 Å². The third-order valence-corrected chi connectivity index (χ3v) is 2.83. The second-order valence-corrected chi connectivity index (χ2v) is 4.85. The summed E-state index contributed by atoms with van der Waals surface area (Å²) >= 11 is 0. The van der Waals surface area contributed by atoms with Gasteiger partial charge in [0.25, 0.3) is 0 Å². The summed E-state index contributed by atoms with van der Waals surface area (Å²) in [6, 6.07) is 0. The topological polar surface area (TPSA) is 33.3 Å². The van der Waals surface area contributed by atoms with Gasteiger partial charge in [-0.15, -0.1) is 0 Å². The van der Waals surface area contributed by atoms with Gasteiger partial charge in [0.15, 0.2) is 0 Å².